The van der Waals surface area contributed by atoms with Crippen LogP contribution < -0.4 is 0 Å². The molecule has 5 nitrogen and oxygen atoms in total. The number of aromatic nitrogens is 2. The lowest BCUT2D eigenvalue weighted by Gasteiger charge is -2.36. The Bertz CT molecular complexity index is 667. The first kappa shape index (κ1) is 18.0. The van der Waals surface area contributed by atoms with Crippen molar-refractivity contribution >= 4 is 0 Å². The van der Waals surface area contributed by atoms with Gasteiger partial charge in [0.2, 0.25) is 0 Å². The van der Waals surface area contributed by atoms with E-state index < -0.39 is 0 Å². The van der Waals surface area contributed by atoms with Gasteiger partial charge in [-0.1, -0.05) is 6.07 Å². The molecule has 1 aliphatic heterocycles. The molecule has 1 fully saturated rings. The average molecular weight is 346 g/mol. The maximum atomic E-state index is 13.3. The van der Waals surface area contributed by atoms with E-state index in [9.17, 15) is 4.39 Å². The third-order valence-corrected chi connectivity index (χ3v) is 4.95. The molecule has 136 valence electrons. The molecule has 0 radical (unpaired) electrons. The molecule has 0 aliphatic carbocycles. The molecule has 1 aliphatic rings. The largest absolute Gasteiger partial charge is 0.396 e. The van der Waals surface area contributed by atoms with Crippen molar-refractivity contribution in [3.63, 3.8) is 0 Å². The van der Waals surface area contributed by atoms with Gasteiger partial charge in [-0.3, -0.25) is 4.90 Å². The second-order valence-electron chi connectivity index (χ2n) is 6.80. The summed E-state index contributed by atoms with van der Waals surface area (Å²) in [5, 5.41) is 13.5. The number of nitrogens with zero attached hydrogens (tertiary/aromatic N) is 4. The second-order valence-corrected chi connectivity index (χ2v) is 6.80. The molecule has 2 aromatic rings. The Labute approximate surface area is 148 Å². The predicted octanol–water partition coefficient (Wildman–Crippen LogP) is 2.29. The summed E-state index contributed by atoms with van der Waals surface area (Å²) in [7, 11) is 2.15. The summed E-state index contributed by atoms with van der Waals surface area (Å²) in [6, 6.07) is 9.09. The predicted molar refractivity (Wildman–Crippen MR) is 96.2 cm³/mol. The smallest absolute Gasteiger partial charge is 0.125 e. The van der Waals surface area contributed by atoms with Crippen molar-refractivity contribution in [2.45, 2.75) is 31.8 Å². The molecule has 1 saturated heterocycles. The van der Waals surface area contributed by atoms with Crippen LogP contribution in [0, 0.1) is 5.82 Å². The van der Waals surface area contributed by atoms with Crippen LogP contribution in [0.15, 0.2) is 36.5 Å². The Balaban J connectivity index is 1.51. The standard InChI is InChI=1S/C19H27FN4O/c1-22(9-3-13-25)18-7-10-23(11-8-18)15-17-6-12-24(21-17)19-5-2-4-16(20)14-19/h2,4-6,12,14,18,25H,3,7-11,13,15H2,1H3. The van der Waals surface area contributed by atoms with E-state index in [1.165, 1.54) is 12.1 Å². The molecular weight excluding hydrogens is 319 g/mol. The van der Waals surface area contributed by atoms with E-state index >= 15 is 0 Å². The molecular formula is C19H27FN4O. The molecule has 25 heavy (non-hydrogen) atoms. The van der Waals surface area contributed by atoms with E-state index in [1.54, 1.807) is 10.7 Å². The zero-order chi connectivity index (χ0) is 17.6. The first-order valence-corrected chi connectivity index (χ1v) is 8.99. The topological polar surface area (TPSA) is 44.5 Å². The van der Waals surface area contributed by atoms with Crippen LogP contribution in [0.5, 0.6) is 0 Å². The van der Waals surface area contributed by atoms with Gasteiger partial charge in [-0.25, -0.2) is 9.07 Å². The van der Waals surface area contributed by atoms with Gasteiger partial charge >= 0.3 is 0 Å². The second kappa shape index (κ2) is 8.56. The molecule has 1 N–H and O–H groups in total. The lowest BCUT2D eigenvalue weighted by molar-refractivity contribution is 0.116. The molecule has 0 spiro atoms. The maximum absolute atomic E-state index is 13.3. The van der Waals surface area contributed by atoms with Gasteiger partial charge in [0, 0.05) is 45.0 Å². The van der Waals surface area contributed by atoms with E-state index in [-0.39, 0.29) is 12.4 Å². The van der Waals surface area contributed by atoms with E-state index in [2.05, 4.69) is 21.9 Å². The Morgan fingerprint density at radius 1 is 1.28 bits per heavy atom. The van der Waals surface area contributed by atoms with Crippen LogP contribution in [-0.2, 0) is 6.54 Å². The van der Waals surface area contributed by atoms with E-state index in [1.807, 2.05) is 18.3 Å². The highest BCUT2D eigenvalue weighted by atomic mass is 19.1. The van der Waals surface area contributed by atoms with Crippen LogP contribution in [0.25, 0.3) is 5.69 Å². The number of halogens is 1. The van der Waals surface area contributed by atoms with Crippen molar-refractivity contribution in [3.8, 4) is 5.69 Å². The molecule has 1 aromatic carbocycles. The minimum absolute atomic E-state index is 0.248. The number of hydrogen-bond acceptors (Lipinski definition) is 4. The summed E-state index contributed by atoms with van der Waals surface area (Å²) < 4.78 is 15.1. The van der Waals surface area contributed by atoms with Crippen molar-refractivity contribution in [2.24, 2.45) is 0 Å². The van der Waals surface area contributed by atoms with Gasteiger partial charge in [0.15, 0.2) is 0 Å². The van der Waals surface area contributed by atoms with E-state index in [4.69, 9.17) is 5.11 Å². The molecule has 0 bridgehead atoms. The number of likely N-dealkylation sites (tertiary alicyclic amines) is 1. The third-order valence-electron chi connectivity index (χ3n) is 4.95. The monoisotopic (exact) mass is 346 g/mol. The van der Waals surface area contributed by atoms with Gasteiger partial charge in [0.1, 0.15) is 5.82 Å². The van der Waals surface area contributed by atoms with E-state index in [0.717, 1.165) is 56.8 Å². The highest BCUT2D eigenvalue weighted by Crippen LogP contribution is 2.18. The number of benzene rings is 1. The molecule has 3 rings (SSSR count). The first-order valence-electron chi connectivity index (χ1n) is 8.99. The highest BCUT2D eigenvalue weighted by Gasteiger charge is 2.22. The zero-order valence-corrected chi connectivity index (χ0v) is 14.8. The van der Waals surface area contributed by atoms with Crippen molar-refractivity contribution in [2.75, 3.05) is 33.3 Å². The fourth-order valence-electron chi connectivity index (χ4n) is 3.46. The average Bonchev–Trinajstić information content (AvgIpc) is 3.09. The summed E-state index contributed by atoms with van der Waals surface area (Å²) in [4.78, 5) is 4.79. The highest BCUT2D eigenvalue weighted by molar-refractivity contribution is 5.31. The minimum Gasteiger partial charge on any atom is -0.396 e. The SMILES string of the molecule is CN(CCCO)C1CCN(Cc2ccn(-c3cccc(F)c3)n2)CC1. The van der Waals surface area contributed by atoms with Crippen molar-refractivity contribution in [3.05, 3.63) is 48.0 Å². The number of piperidine rings is 1. The number of hydrogen-bond donors (Lipinski definition) is 1. The van der Waals surface area contributed by atoms with Crippen LogP contribution in [0.4, 0.5) is 4.39 Å². The lowest BCUT2D eigenvalue weighted by Crippen LogP contribution is -2.43. The molecule has 0 amide bonds. The van der Waals surface area contributed by atoms with Gasteiger partial charge in [0.05, 0.1) is 11.4 Å². The van der Waals surface area contributed by atoms with Crippen LogP contribution >= 0.6 is 0 Å². The first-order chi connectivity index (χ1) is 12.2. The molecule has 0 saturated carbocycles. The third kappa shape index (κ3) is 4.87. The van der Waals surface area contributed by atoms with Crippen LogP contribution in [-0.4, -0.2) is 64.0 Å². The van der Waals surface area contributed by atoms with Gasteiger partial charge in [-0.05, 0) is 50.6 Å². The van der Waals surface area contributed by atoms with Gasteiger partial charge in [-0.2, -0.15) is 5.10 Å². The molecule has 1 aromatic heterocycles. The minimum atomic E-state index is -0.248. The Kier molecular flexibility index (Phi) is 6.18. The van der Waals surface area contributed by atoms with Crippen molar-refractivity contribution < 1.29 is 9.50 Å². The van der Waals surface area contributed by atoms with Crippen molar-refractivity contribution in [1.82, 2.24) is 19.6 Å². The lowest BCUT2D eigenvalue weighted by atomic mass is 10.0. The number of aliphatic hydroxyl groups is 1. The Hall–Kier alpha value is -1.76. The summed E-state index contributed by atoms with van der Waals surface area (Å²) in [5.41, 5.74) is 1.76. The van der Waals surface area contributed by atoms with Gasteiger partial charge in [0.25, 0.3) is 0 Å². The molecule has 0 atom stereocenters. The number of rotatable bonds is 7. The summed E-state index contributed by atoms with van der Waals surface area (Å²) in [6.07, 6.45) is 5.02. The summed E-state index contributed by atoms with van der Waals surface area (Å²) in [6.45, 7) is 4.16. The Morgan fingerprint density at radius 2 is 2.08 bits per heavy atom. The van der Waals surface area contributed by atoms with Gasteiger partial charge < -0.3 is 10.0 Å². The Morgan fingerprint density at radius 3 is 2.80 bits per heavy atom. The fraction of sp³-hybridized carbons (Fsp3) is 0.526. The zero-order valence-electron chi connectivity index (χ0n) is 14.8. The van der Waals surface area contributed by atoms with Gasteiger partial charge in [-0.15, -0.1) is 0 Å². The summed E-state index contributed by atoms with van der Waals surface area (Å²) >= 11 is 0. The van der Waals surface area contributed by atoms with Crippen molar-refractivity contribution in [1.29, 1.82) is 0 Å². The molecule has 2 heterocycles. The summed E-state index contributed by atoms with van der Waals surface area (Å²) in [5.74, 6) is -0.248. The van der Waals surface area contributed by atoms with Crippen LogP contribution in [0.2, 0.25) is 0 Å². The molecule has 0 unspecified atom stereocenters. The maximum Gasteiger partial charge on any atom is 0.125 e. The quantitative estimate of drug-likeness (QED) is 0.835. The van der Waals surface area contributed by atoms with Crippen LogP contribution in [0.1, 0.15) is 25.0 Å². The normalized spacial score (nSPS) is 16.6. The molecule has 6 heteroatoms. The van der Waals surface area contributed by atoms with E-state index in [0.29, 0.717) is 6.04 Å². The fourth-order valence-corrected chi connectivity index (χ4v) is 3.46. The number of aliphatic hydroxyl groups excluding tert-OH is 1. The van der Waals surface area contributed by atoms with Crippen LogP contribution in [0.3, 0.4) is 0 Å².